The van der Waals surface area contributed by atoms with Crippen LogP contribution in [0.25, 0.3) is 0 Å². The summed E-state index contributed by atoms with van der Waals surface area (Å²) in [6.07, 6.45) is 0.352. The second kappa shape index (κ2) is 6.12. The van der Waals surface area contributed by atoms with Crippen LogP contribution in [-0.4, -0.2) is 19.3 Å². The molecule has 1 aromatic carbocycles. The third-order valence-electron chi connectivity index (χ3n) is 2.98. The number of methoxy groups -OCH3 is 2. The SMILES string of the molecule is CCC(C)C(O)c1cc(Cl)c(OC)c(OC)c1. The van der Waals surface area contributed by atoms with Crippen molar-refractivity contribution < 1.29 is 14.6 Å². The molecular weight excluding hydrogens is 240 g/mol. The molecule has 0 aliphatic carbocycles. The molecule has 1 rings (SSSR count). The number of aliphatic hydroxyl groups excluding tert-OH is 1. The van der Waals surface area contributed by atoms with Gasteiger partial charge in [-0.2, -0.15) is 0 Å². The first-order valence-electron chi connectivity index (χ1n) is 5.64. The average molecular weight is 259 g/mol. The van der Waals surface area contributed by atoms with Crippen LogP contribution >= 0.6 is 11.6 Å². The molecule has 2 atom stereocenters. The Morgan fingerprint density at radius 2 is 1.94 bits per heavy atom. The van der Waals surface area contributed by atoms with Crippen LogP contribution in [0.5, 0.6) is 11.5 Å². The zero-order valence-electron chi connectivity index (χ0n) is 10.7. The zero-order chi connectivity index (χ0) is 13.0. The average Bonchev–Trinajstić information content (AvgIpc) is 2.35. The van der Waals surface area contributed by atoms with E-state index in [0.717, 1.165) is 12.0 Å². The molecule has 1 N–H and O–H groups in total. The molecular formula is C13H19ClO3. The predicted molar refractivity (Wildman–Crippen MR) is 69.0 cm³/mol. The molecule has 0 bridgehead atoms. The van der Waals surface area contributed by atoms with E-state index in [9.17, 15) is 5.11 Å². The van der Waals surface area contributed by atoms with Crippen molar-refractivity contribution in [2.75, 3.05) is 14.2 Å². The van der Waals surface area contributed by atoms with Crippen LogP contribution in [0.1, 0.15) is 31.9 Å². The summed E-state index contributed by atoms with van der Waals surface area (Å²) in [6.45, 7) is 4.03. The summed E-state index contributed by atoms with van der Waals surface area (Å²) in [6, 6.07) is 3.49. The van der Waals surface area contributed by atoms with Gasteiger partial charge in [0, 0.05) is 0 Å². The summed E-state index contributed by atoms with van der Waals surface area (Å²) >= 11 is 6.09. The van der Waals surface area contributed by atoms with Crippen molar-refractivity contribution in [3.8, 4) is 11.5 Å². The van der Waals surface area contributed by atoms with E-state index in [4.69, 9.17) is 21.1 Å². The van der Waals surface area contributed by atoms with E-state index in [-0.39, 0.29) is 5.92 Å². The van der Waals surface area contributed by atoms with Crippen molar-refractivity contribution in [1.29, 1.82) is 0 Å². The highest BCUT2D eigenvalue weighted by Gasteiger charge is 2.19. The first-order valence-corrected chi connectivity index (χ1v) is 6.02. The van der Waals surface area contributed by atoms with Gasteiger partial charge in [-0.3, -0.25) is 0 Å². The van der Waals surface area contributed by atoms with Gasteiger partial charge < -0.3 is 14.6 Å². The van der Waals surface area contributed by atoms with Crippen molar-refractivity contribution in [3.63, 3.8) is 0 Å². The van der Waals surface area contributed by atoms with Gasteiger partial charge in [0.05, 0.1) is 25.3 Å². The van der Waals surface area contributed by atoms with Crippen LogP contribution in [0.3, 0.4) is 0 Å². The Morgan fingerprint density at radius 1 is 1.29 bits per heavy atom. The maximum atomic E-state index is 10.1. The maximum absolute atomic E-state index is 10.1. The molecule has 0 aliphatic rings. The maximum Gasteiger partial charge on any atom is 0.179 e. The van der Waals surface area contributed by atoms with Crippen molar-refractivity contribution >= 4 is 11.6 Å². The lowest BCUT2D eigenvalue weighted by atomic mass is 9.95. The Bertz CT molecular complexity index is 379. The van der Waals surface area contributed by atoms with Crippen molar-refractivity contribution in [1.82, 2.24) is 0 Å². The highest BCUT2D eigenvalue weighted by molar-refractivity contribution is 6.32. The van der Waals surface area contributed by atoms with Crippen LogP contribution in [0.2, 0.25) is 5.02 Å². The predicted octanol–water partition coefficient (Wildman–Crippen LogP) is 3.44. The van der Waals surface area contributed by atoms with Crippen LogP contribution in [0.15, 0.2) is 12.1 Å². The monoisotopic (exact) mass is 258 g/mol. The van der Waals surface area contributed by atoms with E-state index in [1.54, 1.807) is 19.2 Å². The summed E-state index contributed by atoms with van der Waals surface area (Å²) in [5, 5.41) is 10.6. The largest absolute Gasteiger partial charge is 0.493 e. The van der Waals surface area contributed by atoms with Crippen molar-refractivity contribution in [2.45, 2.75) is 26.4 Å². The van der Waals surface area contributed by atoms with E-state index >= 15 is 0 Å². The van der Waals surface area contributed by atoms with E-state index in [1.807, 2.05) is 13.8 Å². The number of halogens is 1. The molecule has 0 saturated carbocycles. The van der Waals surface area contributed by atoms with E-state index in [0.29, 0.717) is 16.5 Å². The van der Waals surface area contributed by atoms with Gasteiger partial charge in [0.2, 0.25) is 0 Å². The van der Waals surface area contributed by atoms with Crippen LogP contribution in [0, 0.1) is 5.92 Å². The molecule has 96 valence electrons. The van der Waals surface area contributed by atoms with Crippen LogP contribution < -0.4 is 9.47 Å². The van der Waals surface area contributed by atoms with Gasteiger partial charge >= 0.3 is 0 Å². The van der Waals surface area contributed by atoms with Crippen LogP contribution in [-0.2, 0) is 0 Å². The number of hydrogen-bond acceptors (Lipinski definition) is 3. The lowest BCUT2D eigenvalue weighted by Gasteiger charge is -2.19. The first kappa shape index (κ1) is 14.1. The lowest BCUT2D eigenvalue weighted by Crippen LogP contribution is -2.08. The van der Waals surface area contributed by atoms with Crippen molar-refractivity contribution in [2.24, 2.45) is 5.92 Å². The van der Waals surface area contributed by atoms with Gasteiger partial charge in [-0.05, 0) is 23.6 Å². The number of aliphatic hydroxyl groups is 1. The smallest absolute Gasteiger partial charge is 0.179 e. The number of rotatable bonds is 5. The lowest BCUT2D eigenvalue weighted by molar-refractivity contribution is 0.115. The molecule has 0 radical (unpaired) electrons. The first-order chi connectivity index (χ1) is 8.04. The molecule has 1 aromatic rings. The van der Waals surface area contributed by atoms with E-state index < -0.39 is 6.10 Å². The van der Waals surface area contributed by atoms with Crippen molar-refractivity contribution in [3.05, 3.63) is 22.7 Å². The molecule has 0 amide bonds. The molecule has 3 nitrogen and oxygen atoms in total. The van der Waals surface area contributed by atoms with Gasteiger partial charge in [-0.1, -0.05) is 31.9 Å². The molecule has 0 spiro atoms. The van der Waals surface area contributed by atoms with Gasteiger partial charge in [-0.25, -0.2) is 0 Å². The molecule has 0 saturated heterocycles. The molecule has 17 heavy (non-hydrogen) atoms. The third-order valence-corrected chi connectivity index (χ3v) is 3.26. The Balaban J connectivity index is 3.15. The quantitative estimate of drug-likeness (QED) is 0.879. The summed E-state index contributed by atoms with van der Waals surface area (Å²) < 4.78 is 10.4. The second-order valence-electron chi connectivity index (χ2n) is 4.07. The minimum Gasteiger partial charge on any atom is -0.493 e. The molecule has 2 unspecified atom stereocenters. The minimum absolute atomic E-state index is 0.171. The fourth-order valence-corrected chi connectivity index (χ4v) is 1.96. The molecule has 0 aromatic heterocycles. The summed E-state index contributed by atoms with van der Waals surface area (Å²) in [7, 11) is 3.09. The van der Waals surface area contributed by atoms with Gasteiger partial charge in [0.25, 0.3) is 0 Å². The normalized spacial score (nSPS) is 14.2. The Labute approximate surface area is 107 Å². The summed E-state index contributed by atoms with van der Waals surface area (Å²) in [4.78, 5) is 0. The zero-order valence-corrected chi connectivity index (χ0v) is 11.4. The Kier molecular flexibility index (Phi) is 5.09. The third kappa shape index (κ3) is 3.05. The second-order valence-corrected chi connectivity index (χ2v) is 4.48. The van der Waals surface area contributed by atoms with E-state index in [1.165, 1.54) is 7.11 Å². The standard InChI is InChI=1S/C13H19ClO3/c1-5-8(2)12(15)9-6-10(14)13(17-4)11(7-9)16-3/h6-8,12,15H,5H2,1-4H3. The van der Waals surface area contributed by atoms with E-state index in [2.05, 4.69) is 0 Å². The molecule has 0 aliphatic heterocycles. The minimum atomic E-state index is -0.544. The van der Waals surface area contributed by atoms with Crippen LogP contribution in [0.4, 0.5) is 0 Å². The fraction of sp³-hybridized carbons (Fsp3) is 0.538. The number of benzene rings is 1. The number of hydrogen-bond donors (Lipinski definition) is 1. The van der Waals surface area contributed by atoms with Gasteiger partial charge in [0.1, 0.15) is 0 Å². The highest BCUT2D eigenvalue weighted by Crippen LogP contribution is 2.39. The Morgan fingerprint density at radius 3 is 2.41 bits per heavy atom. The Hall–Kier alpha value is -0.930. The molecule has 0 heterocycles. The topological polar surface area (TPSA) is 38.7 Å². The number of ether oxygens (including phenoxy) is 2. The molecule has 4 heteroatoms. The van der Waals surface area contributed by atoms with Gasteiger partial charge in [0.15, 0.2) is 11.5 Å². The summed E-state index contributed by atoms with van der Waals surface area (Å²) in [5.74, 6) is 1.20. The highest BCUT2D eigenvalue weighted by atomic mass is 35.5. The van der Waals surface area contributed by atoms with Gasteiger partial charge in [-0.15, -0.1) is 0 Å². The summed E-state index contributed by atoms with van der Waals surface area (Å²) in [5.41, 5.74) is 0.752. The molecule has 0 fully saturated rings. The fourth-order valence-electron chi connectivity index (χ4n) is 1.66.